The van der Waals surface area contributed by atoms with E-state index in [2.05, 4.69) is 6.92 Å². The summed E-state index contributed by atoms with van der Waals surface area (Å²) in [6.07, 6.45) is 4.39. The van der Waals surface area contributed by atoms with E-state index in [9.17, 15) is 4.79 Å². The van der Waals surface area contributed by atoms with Gasteiger partial charge in [-0.3, -0.25) is 4.79 Å². The van der Waals surface area contributed by atoms with Crippen LogP contribution < -0.4 is 0 Å². The minimum atomic E-state index is 0.00667. The Morgan fingerprint density at radius 1 is 1.70 bits per heavy atom. The van der Waals surface area contributed by atoms with Gasteiger partial charge in [-0.25, -0.2) is 0 Å². The van der Waals surface area contributed by atoms with Crippen LogP contribution in [0.1, 0.15) is 32.6 Å². The van der Waals surface area contributed by atoms with Gasteiger partial charge in [-0.15, -0.1) is 0 Å². The predicted molar refractivity (Wildman–Crippen MR) is 36.5 cm³/mol. The summed E-state index contributed by atoms with van der Waals surface area (Å²) in [6.45, 7) is 2.16. The van der Waals surface area contributed by atoms with E-state index in [1.54, 1.807) is 0 Å². The second-order valence-corrected chi connectivity index (χ2v) is 3.70. The first kappa shape index (κ1) is 6.20. The van der Waals surface area contributed by atoms with Crippen LogP contribution in [0, 0.1) is 5.41 Å². The number of fused-ring (bicyclic) bond motifs is 1. The SMILES string of the molecule is C[C@@]12CCC[C@@H]1OC(=O)C2. The number of hydrogen-bond donors (Lipinski definition) is 0. The van der Waals surface area contributed by atoms with E-state index >= 15 is 0 Å². The van der Waals surface area contributed by atoms with Crippen molar-refractivity contribution in [2.45, 2.75) is 38.7 Å². The molecule has 2 heteroatoms. The van der Waals surface area contributed by atoms with Crippen LogP contribution in [0.4, 0.5) is 0 Å². The third-order valence-corrected chi connectivity index (χ3v) is 2.81. The number of hydrogen-bond acceptors (Lipinski definition) is 2. The van der Waals surface area contributed by atoms with Gasteiger partial charge in [0.05, 0.1) is 6.42 Å². The molecule has 2 atom stereocenters. The third-order valence-electron chi connectivity index (χ3n) is 2.81. The molecule has 56 valence electrons. The molecule has 1 aliphatic heterocycles. The smallest absolute Gasteiger partial charge is 0.306 e. The summed E-state index contributed by atoms with van der Waals surface area (Å²) in [6, 6.07) is 0. The Morgan fingerprint density at radius 3 is 3.20 bits per heavy atom. The first-order chi connectivity index (χ1) is 4.71. The highest BCUT2D eigenvalue weighted by Gasteiger charge is 2.48. The van der Waals surface area contributed by atoms with Crippen molar-refractivity contribution in [3.05, 3.63) is 0 Å². The van der Waals surface area contributed by atoms with Crippen molar-refractivity contribution in [3.8, 4) is 0 Å². The van der Waals surface area contributed by atoms with Crippen LogP contribution >= 0.6 is 0 Å². The Hall–Kier alpha value is -0.530. The van der Waals surface area contributed by atoms with Crippen molar-refractivity contribution >= 4 is 5.97 Å². The second kappa shape index (κ2) is 1.74. The third kappa shape index (κ3) is 0.678. The number of carbonyl (C=O) groups is 1. The lowest BCUT2D eigenvalue weighted by Gasteiger charge is -2.18. The molecule has 2 rings (SSSR count). The highest BCUT2D eigenvalue weighted by Crippen LogP contribution is 2.47. The van der Waals surface area contributed by atoms with Crippen molar-refractivity contribution in [3.63, 3.8) is 0 Å². The minimum absolute atomic E-state index is 0.00667. The average Bonchev–Trinajstić information content (AvgIpc) is 2.20. The molecule has 0 aromatic rings. The van der Waals surface area contributed by atoms with E-state index in [1.807, 2.05) is 0 Å². The molecular formula is C8H12O2. The summed E-state index contributed by atoms with van der Waals surface area (Å²) in [5, 5.41) is 0. The first-order valence-corrected chi connectivity index (χ1v) is 3.90. The standard InChI is InChI=1S/C8H12O2/c1-8-4-2-3-6(8)10-7(9)5-8/h6H,2-5H2,1H3/t6-,8-/m0/s1. The van der Waals surface area contributed by atoms with Crippen LogP contribution in [0.15, 0.2) is 0 Å². The number of carbonyl (C=O) groups excluding carboxylic acids is 1. The Labute approximate surface area is 60.6 Å². The van der Waals surface area contributed by atoms with Crippen molar-refractivity contribution < 1.29 is 9.53 Å². The largest absolute Gasteiger partial charge is 0.462 e. The molecule has 1 aliphatic carbocycles. The molecule has 2 nitrogen and oxygen atoms in total. The lowest BCUT2D eigenvalue weighted by atomic mass is 9.85. The maximum absolute atomic E-state index is 10.8. The van der Waals surface area contributed by atoms with Crippen molar-refractivity contribution in [2.24, 2.45) is 5.41 Å². The Balaban J connectivity index is 2.22. The van der Waals surface area contributed by atoms with Crippen LogP contribution in [0.5, 0.6) is 0 Å². The molecule has 0 aromatic heterocycles. The van der Waals surface area contributed by atoms with Crippen LogP contribution in [-0.2, 0) is 9.53 Å². The maximum atomic E-state index is 10.8. The highest BCUT2D eigenvalue weighted by atomic mass is 16.6. The summed E-state index contributed by atoms with van der Waals surface area (Å²) in [5.74, 6) is 0.00667. The molecule has 0 spiro atoms. The topological polar surface area (TPSA) is 26.3 Å². The molecule has 0 bridgehead atoms. The van der Waals surface area contributed by atoms with Gasteiger partial charge in [0.1, 0.15) is 6.10 Å². The highest BCUT2D eigenvalue weighted by molar-refractivity contribution is 5.73. The van der Waals surface area contributed by atoms with Gasteiger partial charge in [-0.05, 0) is 19.3 Å². The van der Waals surface area contributed by atoms with Gasteiger partial charge in [0, 0.05) is 5.41 Å². The number of rotatable bonds is 0. The van der Waals surface area contributed by atoms with Gasteiger partial charge in [0.15, 0.2) is 0 Å². The average molecular weight is 140 g/mol. The zero-order valence-corrected chi connectivity index (χ0v) is 6.22. The molecule has 1 heterocycles. The summed E-state index contributed by atoms with van der Waals surface area (Å²) in [5.41, 5.74) is 0.205. The van der Waals surface area contributed by atoms with Gasteiger partial charge in [-0.1, -0.05) is 6.92 Å². The zero-order valence-electron chi connectivity index (χ0n) is 6.22. The van der Waals surface area contributed by atoms with Crippen LogP contribution in [0.25, 0.3) is 0 Å². The fourth-order valence-corrected chi connectivity index (χ4v) is 2.13. The monoisotopic (exact) mass is 140 g/mol. The van der Waals surface area contributed by atoms with Gasteiger partial charge >= 0.3 is 5.97 Å². The molecule has 0 radical (unpaired) electrons. The van der Waals surface area contributed by atoms with E-state index in [1.165, 1.54) is 12.8 Å². The fraction of sp³-hybridized carbons (Fsp3) is 0.875. The van der Waals surface area contributed by atoms with Crippen molar-refractivity contribution in [1.82, 2.24) is 0 Å². The minimum Gasteiger partial charge on any atom is -0.462 e. The van der Waals surface area contributed by atoms with E-state index < -0.39 is 0 Å². The number of esters is 1. The lowest BCUT2D eigenvalue weighted by Crippen LogP contribution is -2.20. The molecule has 0 amide bonds. The van der Waals surface area contributed by atoms with E-state index in [-0.39, 0.29) is 17.5 Å². The normalized spacial score (nSPS) is 45.3. The van der Waals surface area contributed by atoms with Gasteiger partial charge in [-0.2, -0.15) is 0 Å². The molecule has 1 saturated carbocycles. The quantitative estimate of drug-likeness (QED) is 0.476. The fourth-order valence-electron chi connectivity index (χ4n) is 2.13. The Morgan fingerprint density at radius 2 is 2.50 bits per heavy atom. The molecule has 0 aromatic carbocycles. The van der Waals surface area contributed by atoms with Crippen molar-refractivity contribution in [1.29, 1.82) is 0 Å². The summed E-state index contributed by atoms with van der Waals surface area (Å²) < 4.78 is 5.15. The summed E-state index contributed by atoms with van der Waals surface area (Å²) >= 11 is 0. The lowest BCUT2D eigenvalue weighted by molar-refractivity contribution is -0.141. The van der Waals surface area contributed by atoms with E-state index in [0.717, 1.165) is 6.42 Å². The molecule has 0 unspecified atom stereocenters. The van der Waals surface area contributed by atoms with Crippen molar-refractivity contribution in [2.75, 3.05) is 0 Å². The predicted octanol–water partition coefficient (Wildman–Crippen LogP) is 1.49. The van der Waals surface area contributed by atoms with Crippen LogP contribution in [0.2, 0.25) is 0 Å². The summed E-state index contributed by atoms with van der Waals surface area (Å²) in [7, 11) is 0. The zero-order chi connectivity index (χ0) is 7.19. The Kier molecular flexibility index (Phi) is 1.08. The van der Waals surface area contributed by atoms with Gasteiger partial charge in [0.2, 0.25) is 0 Å². The van der Waals surface area contributed by atoms with E-state index in [0.29, 0.717) is 6.42 Å². The molecule has 2 fully saturated rings. The van der Waals surface area contributed by atoms with Crippen LogP contribution in [0.3, 0.4) is 0 Å². The van der Waals surface area contributed by atoms with Gasteiger partial charge < -0.3 is 4.74 Å². The second-order valence-electron chi connectivity index (χ2n) is 3.70. The molecular weight excluding hydrogens is 128 g/mol. The number of ether oxygens (including phenoxy) is 1. The molecule has 10 heavy (non-hydrogen) atoms. The van der Waals surface area contributed by atoms with Crippen LogP contribution in [-0.4, -0.2) is 12.1 Å². The van der Waals surface area contributed by atoms with E-state index in [4.69, 9.17) is 4.74 Å². The van der Waals surface area contributed by atoms with Gasteiger partial charge in [0.25, 0.3) is 0 Å². The Bertz CT molecular complexity index is 176. The first-order valence-electron chi connectivity index (χ1n) is 3.90. The molecule has 1 saturated heterocycles. The summed E-state index contributed by atoms with van der Waals surface area (Å²) in [4.78, 5) is 10.8. The maximum Gasteiger partial charge on any atom is 0.306 e. The molecule has 0 N–H and O–H groups in total. The molecule has 2 aliphatic rings.